The summed E-state index contributed by atoms with van der Waals surface area (Å²) >= 11 is 0. The summed E-state index contributed by atoms with van der Waals surface area (Å²) in [5.74, 6) is 0.0925. The van der Waals surface area contributed by atoms with E-state index in [0.29, 0.717) is 0 Å². The minimum Gasteiger partial charge on any atom is -0.360 e. The summed E-state index contributed by atoms with van der Waals surface area (Å²) in [5, 5.41) is 0.990. The molecule has 0 spiro atoms. The standard InChI is InChI=1S/C13H13NO/c1-3-9(2)13(15)11-8-14-12-7-5-4-6-10(11)12/h3-8,14H,1-2H3/b9-3+. The van der Waals surface area contributed by atoms with Crippen LogP contribution in [-0.4, -0.2) is 10.8 Å². The number of benzene rings is 1. The first kappa shape index (κ1) is 9.71. The number of hydrogen-bond acceptors (Lipinski definition) is 1. The second-order valence-electron chi connectivity index (χ2n) is 3.55. The molecule has 0 aliphatic heterocycles. The largest absolute Gasteiger partial charge is 0.360 e. The molecule has 0 aliphatic rings. The van der Waals surface area contributed by atoms with Crippen molar-refractivity contribution in [3.8, 4) is 0 Å². The molecule has 0 atom stereocenters. The maximum Gasteiger partial charge on any atom is 0.190 e. The van der Waals surface area contributed by atoms with Crippen molar-refractivity contribution in [2.45, 2.75) is 13.8 Å². The molecule has 2 heteroatoms. The van der Waals surface area contributed by atoms with Crippen molar-refractivity contribution < 1.29 is 4.79 Å². The lowest BCUT2D eigenvalue weighted by Gasteiger charge is -1.97. The zero-order valence-electron chi connectivity index (χ0n) is 8.87. The number of ketones is 1. The van der Waals surface area contributed by atoms with E-state index in [9.17, 15) is 4.79 Å². The Morgan fingerprint density at radius 1 is 1.33 bits per heavy atom. The van der Waals surface area contributed by atoms with Gasteiger partial charge in [0.2, 0.25) is 0 Å². The Bertz CT molecular complexity index is 534. The van der Waals surface area contributed by atoms with E-state index in [4.69, 9.17) is 0 Å². The summed E-state index contributed by atoms with van der Waals surface area (Å²) in [6.07, 6.45) is 3.62. The van der Waals surface area contributed by atoms with Gasteiger partial charge in [0, 0.05) is 22.7 Å². The maximum absolute atomic E-state index is 12.0. The Hall–Kier alpha value is -1.83. The highest BCUT2D eigenvalue weighted by atomic mass is 16.1. The quantitative estimate of drug-likeness (QED) is 0.584. The molecule has 0 unspecified atom stereocenters. The van der Waals surface area contributed by atoms with Crippen molar-refractivity contribution in [2.24, 2.45) is 0 Å². The smallest absolute Gasteiger partial charge is 0.190 e. The predicted octanol–water partition coefficient (Wildman–Crippen LogP) is 3.32. The summed E-state index contributed by atoms with van der Waals surface area (Å²) in [6, 6.07) is 7.83. The van der Waals surface area contributed by atoms with E-state index in [-0.39, 0.29) is 5.78 Å². The lowest BCUT2D eigenvalue weighted by Crippen LogP contribution is -1.98. The summed E-state index contributed by atoms with van der Waals surface area (Å²) in [6.45, 7) is 3.71. The lowest BCUT2D eigenvalue weighted by molar-refractivity contribution is 0.103. The molecule has 2 rings (SSSR count). The Kier molecular flexibility index (Phi) is 2.42. The molecular weight excluding hydrogens is 186 g/mol. The fraction of sp³-hybridized carbons (Fsp3) is 0.154. The molecule has 0 bridgehead atoms. The van der Waals surface area contributed by atoms with Crippen molar-refractivity contribution in [3.05, 3.63) is 47.7 Å². The number of allylic oxidation sites excluding steroid dienone is 2. The molecule has 15 heavy (non-hydrogen) atoms. The molecule has 2 nitrogen and oxygen atoms in total. The molecule has 76 valence electrons. The maximum atomic E-state index is 12.0. The topological polar surface area (TPSA) is 32.9 Å². The van der Waals surface area contributed by atoms with E-state index in [0.717, 1.165) is 22.0 Å². The van der Waals surface area contributed by atoms with Crippen LogP contribution in [0.3, 0.4) is 0 Å². The molecule has 1 heterocycles. The highest BCUT2D eigenvalue weighted by Crippen LogP contribution is 2.20. The van der Waals surface area contributed by atoms with Gasteiger partial charge in [-0.2, -0.15) is 0 Å². The first-order chi connectivity index (χ1) is 7.24. The molecule has 0 amide bonds. The van der Waals surface area contributed by atoms with Crippen LogP contribution in [0.25, 0.3) is 10.9 Å². The fourth-order valence-corrected chi connectivity index (χ4v) is 1.60. The zero-order chi connectivity index (χ0) is 10.8. The number of aromatic amines is 1. The molecule has 0 saturated heterocycles. The Balaban J connectivity index is 2.58. The number of H-pyrrole nitrogens is 1. The third-order valence-electron chi connectivity index (χ3n) is 2.63. The third-order valence-corrected chi connectivity index (χ3v) is 2.63. The molecule has 1 aromatic heterocycles. The van der Waals surface area contributed by atoms with Crippen LogP contribution in [0.1, 0.15) is 24.2 Å². The molecule has 0 fully saturated rings. The van der Waals surface area contributed by atoms with Gasteiger partial charge in [0.25, 0.3) is 0 Å². The molecular formula is C13H13NO. The number of aromatic nitrogens is 1. The van der Waals surface area contributed by atoms with Gasteiger partial charge in [0.15, 0.2) is 5.78 Å². The van der Waals surface area contributed by atoms with Gasteiger partial charge in [0.1, 0.15) is 0 Å². The number of rotatable bonds is 2. The fourth-order valence-electron chi connectivity index (χ4n) is 1.60. The number of fused-ring (bicyclic) bond motifs is 1. The molecule has 0 aliphatic carbocycles. The zero-order valence-corrected chi connectivity index (χ0v) is 8.87. The van der Waals surface area contributed by atoms with Crippen molar-refractivity contribution in [1.82, 2.24) is 4.98 Å². The van der Waals surface area contributed by atoms with Crippen LogP contribution in [0.15, 0.2) is 42.1 Å². The first-order valence-electron chi connectivity index (χ1n) is 4.97. The summed E-state index contributed by atoms with van der Waals surface area (Å²) in [5.41, 5.74) is 2.53. The lowest BCUT2D eigenvalue weighted by atomic mass is 10.0. The number of nitrogens with one attached hydrogen (secondary N) is 1. The number of carbonyl (C=O) groups excluding carboxylic acids is 1. The number of Topliss-reactive ketones (excluding diaryl/α,β-unsaturated/α-hetero) is 1. The first-order valence-corrected chi connectivity index (χ1v) is 4.97. The molecule has 0 saturated carbocycles. The average molecular weight is 199 g/mol. The van der Waals surface area contributed by atoms with Crippen molar-refractivity contribution in [1.29, 1.82) is 0 Å². The number of hydrogen-bond donors (Lipinski definition) is 1. The third kappa shape index (κ3) is 1.59. The molecule has 1 N–H and O–H groups in total. The van der Waals surface area contributed by atoms with Crippen molar-refractivity contribution in [3.63, 3.8) is 0 Å². The van der Waals surface area contributed by atoms with E-state index in [2.05, 4.69) is 4.98 Å². The van der Waals surface area contributed by atoms with Crippen LogP contribution in [-0.2, 0) is 0 Å². The summed E-state index contributed by atoms with van der Waals surface area (Å²) < 4.78 is 0. The molecule has 2 aromatic rings. The van der Waals surface area contributed by atoms with Crippen LogP contribution in [0.2, 0.25) is 0 Å². The molecule has 0 radical (unpaired) electrons. The van der Waals surface area contributed by atoms with Gasteiger partial charge >= 0.3 is 0 Å². The highest BCUT2D eigenvalue weighted by Gasteiger charge is 2.12. The second kappa shape index (κ2) is 3.73. The van der Waals surface area contributed by atoms with E-state index < -0.39 is 0 Å². The van der Waals surface area contributed by atoms with Gasteiger partial charge in [-0.1, -0.05) is 24.3 Å². The van der Waals surface area contributed by atoms with Gasteiger partial charge in [-0.25, -0.2) is 0 Å². The predicted molar refractivity (Wildman–Crippen MR) is 62.1 cm³/mol. The Labute approximate surface area is 88.6 Å². The van der Waals surface area contributed by atoms with Gasteiger partial charge in [0.05, 0.1) is 0 Å². The summed E-state index contributed by atoms with van der Waals surface area (Å²) in [7, 11) is 0. The van der Waals surface area contributed by atoms with Crippen LogP contribution in [0, 0.1) is 0 Å². The van der Waals surface area contributed by atoms with Gasteiger partial charge in [-0.05, 0) is 25.5 Å². The SMILES string of the molecule is C/C=C(\C)C(=O)c1c[nH]c2ccccc12. The minimum atomic E-state index is 0.0925. The van der Waals surface area contributed by atoms with E-state index >= 15 is 0 Å². The van der Waals surface area contributed by atoms with Gasteiger partial charge in [-0.15, -0.1) is 0 Å². The van der Waals surface area contributed by atoms with Crippen LogP contribution in [0.4, 0.5) is 0 Å². The highest BCUT2D eigenvalue weighted by molar-refractivity contribution is 6.15. The van der Waals surface area contributed by atoms with Crippen molar-refractivity contribution >= 4 is 16.7 Å². The van der Waals surface area contributed by atoms with Crippen molar-refractivity contribution in [2.75, 3.05) is 0 Å². The number of para-hydroxylation sites is 1. The van der Waals surface area contributed by atoms with Crippen LogP contribution in [0.5, 0.6) is 0 Å². The van der Waals surface area contributed by atoms with Crippen LogP contribution >= 0.6 is 0 Å². The summed E-state index contributed by atoms with van der Waals surface area (Å²) in [4.78, 5) is 15.1. The van der Waals surface area contributed by atoms with E-state index in [1.165, 1.54) is 0 Å². The van der Waals surface area contributed by atoms with E-state index in [1.807, 2.05) is 44.2 Å². The normalized spacial score (nSPS) is 12.0. The number of carbonyl (C=O) groups is 1. The van der Waals surface area contributed by atoms with Gasteiger partial charge in [-0.3, -0.25) is 4.79 Å². The average Bonchev–Trinajstić information content (AvgIpc) is 2.70. The second-order valence-corrected chi connectivity index (χ2v) is 3.55. The minimum absolute atomic E-state index is 0.0925. The van der Waals surface area contributed by atoms with Crippen LogP contribution < -0.4 is 0 Å². The van der Waals surface area contributed by atoms with Gasteiger partial charge < -0.3 is 4.98 Å². The Morgan fingerprint density at radius 2 is 2.07 bits per heavy atom. The molecule has 1 aromatic carbocycles. The Morgan fingerprint density at radius 3 is 2.80 bits per heavy atom. The monoisotopic (exact) mass is 199 g/mol. The van der Waals surface area contributed by atoms with E-state index in [1.54, 1.807) is 6.20 Å².